The van der Waals surface area contributed by atoms with Gasteiger partial charge in [-0.2, -0.15) is 0 Å². The average molecular weight is 325 g/mol. The van der Waals surface area contributed by atoms with Crippen LogP contribution in [0.5, 0.6) is 0 Å². The van der Waals surface area contributed by atoms with Gasteiger partial charge in [0.25, 0.3) is 0 Å². The van der Waals surface area contributed by atoms with Crippen molar-refractivity contribution < 1.29 is 4.79 Å². The number of carbonyl (C=O) groups excluding carboxylic acids is 1. The van der Waals surface area contributed by atoms with Gasteiger partial charge in [0.05, 0.1) is 10.9 Å². The Morgan fingerprint density at radius 3 is 3.05 bits per heavy atom. The lowest BCUT2D eigenvalue weighted by Crippen LogP contribution is -2.43. The topological polar surface area (TPSA) is 23.6 Å². The van der Waals surface area contributed by atoms with E-state index in [-0.39, 0.29) is 5.91 Å². The predicted molar refractivity (Wildman–Crippen MR) is 87.9 cm³/mol. The van der Waals surface area contributed by atoms with Crippen molar-refractivity contribution in [2.75, 3.05) is 26.7 Å². The average Bonchev–Trinajstić information content (AvgIpc) is 2.85. The number of fused-ring (bicyclic) bond motifs is 1. The van der Waals surface area contributed by atoms with Crippen molar-refractivity contribution in [1.29, 1.82) is 0 Å². The molecule has 3 heterocycles. The maximum atomic E-state index is 12.0. The minimum absolute atomic E-state index is 0.0272. The van der Waals surface area contributed by atoms with Crippen molar-refractivity contribution >= 4 is 28.8 Å². The van der Waals surface area contributed by atoms with Crippen LogP contribution in [0, 0.1) is 5.92 Å². The smallest absolute Gasteiger partial charge is 0.246 e. The second-order valence-electron chi connectivity index (χ2n) is 6.12. The molecule has 2 atom stereocenters. The number of piperidine rings is 1. The highest BCUT2D eigenvalue weighted by atomic mass is 35.5. The summed E-state index contributed by atoms with van der Waals surface area (Å²) in [6.45, 7) is 7.38. The van der Waals surface area contributed by atoms with Gasteiger partial charge in [-0.3, -0.25) is 4.79 Å². The van der Waals surface area contributed by atoms with E-state index in [1.165, 1.54) is 35.9 Å². The number of rotatable bonds is 2. The molecule has 1 aromatic heterocycles. The van der Waals surface area contributed by atoms with Crippen LogP contribution in [0.25, 0.3) is 0 Å². The van der Waals surface area contributed by atoms with Crippen LogP contribution < -0.4 is 0 Å². The Labute approximate surface area is 135 Å². The Hall–Kier alpha value is -0.840. The van der Waals surface area contributed by atoms with E-state index in [4.69, 9.17) is 11.6 Å². The summed E-state index contributed by atoms with van der Waals surface area (Å²) >= 11 is 7.84. The minimum Gasteiger partial charge on any atom is -0.333 e. The number of amides is 1. The van der Waals surface area contributed by atoms with Crippen molar-refractivity contribution in [3.8, 4) is 0 Å². The van der Waals surface area contributed by atoms with Gasteiger partial charge >= 0.3 is 0 Å². The number of hydrogen-bond donors (Lipinski definition) is 0. The molecular weight excluding hydrogens is 304 g/mol. The van der Waals surface area contributed by atoms with Gasteiger partial charge in [0, 0.05) is 23.9 Å². The van der Waals surface area contributed by atoms with Crippen LogP contribution in [-0.2, 0) is 11.3 Å². The third-order valence-corrected chi connectivity index (χ3v) is 5.94. The molecule has 5 heteroatoms. The standard InChI is InChI=1S/C16H21ClN2OS/c1-3-16(20)19-9-13(11-5-4-6-18(2)8-11)12-7-15(17)21-14(12)10-19/h3,7,11,13H,1,4-6,8-10H2,2H3/t11-,13+/m0/s1. The van der Waals surface area contributed by atoms with E-state index in [0.717, 1.165) is 17.4 Å². The molecular formula is C16H21ClN2OS. The minimum atomic E-state index is 0.0272. The molecule has 0 spiro atoms. The molecule has 21 heavy (non-hydrogen) atoms. The lowest BCUT2D eigenvalue weighted by Gasteiger charge is -2.40. The highest BCUT2D eigenvalue weighted by Gasteiger charge is 2.35. The second kappa shape index (κ2) is 6.11. The van der Waals surface area contributed by atoms with E-state index in [1.807, 2.05) is 4.90 Å². The Kier molecular flexibility index (Phi) is 4.38. The number of thiophene rings is 1. The van der Waals surface area contributed by atoms with E-state index in [9.17, 15) is 4.79 Å². The highest BCUT2D eigenvalue weighted by molar-refractivity contribution is 7.16. The van der Waals surface area contributed by atoms with E-state index < -0.39 is 0 Å². The number of halogens is 1. The van der Waals surface area contributed by atoms with Gasteiger partial charge in [-0.15, -0.1) is 11.3 Å². The quantitative estimate of drug-likeness (QED) is 0.779. The Balaban J connectivity index is 1.89. The molecule has 1 fully saturated rings. The number of carbonyl (C=O) groups is 1. The number of nitrogens with zero attached hydrogens (tertiary/aromatic N) is 2. The third kappa shape index (κ3) is 3.03. The summed E-state index contributed by atoms with van der Waals surface area (Å²) < 4.78 is 0.835. The van der Waals surface area contributed by atoms with Crippen LogP contribution in [0.4, 0.5) is 0 Å². The molecule has 0 aliphatic carbocycles. The first-order valence-corrected chi connectivity index (χ1v) is 8.66. The van der Waals surface area contributed by atoms with Crippen LogP contribution in [-0.4, -0.2) is 42.4 Å². The van der Waals surface area contributed by atoms with Gasteiger partial charge in [-0.05, 0) is 50.1 Å². The molecule has 0 saturated carbocycles. The van der Waals surface area contributed by atoms with Crippen LogP contribution in [0.2, 0.25) is 4.34 Å². The first-order valence-electron chi connectivity index (χ1n) is 7.46. The molecule has 0 bridgehead atoms. The summed E-state index contributed by atoms with van der Waals surface area (Å²) in [6, 6.07) is 2.12. The van der Waals surface area contributed by atoms with Gasteiger partial charge in [-0.1, -0.05) is 18.2 Å². The molecule has 3 nitrogen and oxygen atoms in total. The molecule has 0 N–H and O–H groups in total. The second-order valence-corrected chi connectivity index (χ2v) is 7.89. The first-order chi connectivity index (χ1) is 10.1. The highest BCUT2D eigenvalue weighted by Crippen LogP contribution is 2.42. The zero-order chi connectivity index (χ0) is 15.0. The fourth-order valence-electron chi connectivity index (χ4n) is 3.65. The molecule has 1 amide bonds. The van der Waals surface area contributed by atoms with Crippen LogP contribution in [0.3, 0.4) is 0 Å². The fraction of sp³-hybridized carbons (Fsp3) is 0.562. The molecule has 2 aliphatic rings. The maximum Gasteiger partial charge on any atom is 0.246 e. The normalized spacial score (nSPS) is 26.5. The Bertz CT molecular complexity index is 556. The largest absolute Gasteiger partial charge is 0.333 e. The molecule has 0 radical (unpaired) electrons. The van der Waals surface area contributed by atoms with Crippen LogP contribution in [0.15, 0.2) is 18.7 Å². The summed E-state index contributed by atoms with van der Waals surface area (Å²) in [6.07, 6.45) is 3.89. The summed E-state index contributed by atoms with van der Waals surface area (Å²) in [7, 11) is 2.18. The van der Waals surface area contributed by atoms with Gasteiger partial charge in [0.1, 0.15) is 0 Å². The van der Waals surface area contributed by atoms with E-state index in [2.05, 4.69) is 24.6 Å². The summed E-state index contributed by atoms with van der Waals surface area (Å²) in [5.41, 5.74) is 1.37. The van der Waals surface area contributed by atoms with E-state index in [1.54, 1.807) is 11.3 Å². The Morgan fingerprint density at radius 2 is 2.33 bits per heavy atom. The third-order valence-electron chi connectivity index (χ3n) is 4.68. The molecule has 0 unspecified atom stereocenters. The Morgan fingerprint density at radius 1 is 1.52 bits per heavy atom. The van der Waals surface area contributed by atoms with Gasteiger partial charge in [0.15, 0.2) is 0 Å². The van der Waals surface area contributed by atoms with Gasteiger partial charge < -0.3 is 9.80 Å². The van der Waals surface area contributed by atoms with Crippen molar-refractivity contribution in [2.45, 2.75) is 25.3 Å². The SMILES string of the molecule is C=CC(=O)N1Cc2sc(Cl)cc2[C@@H]([C@H]2CCCN(C)C2)C1. The summed E-state index contributed by atoms with van der Waals surface area (Å²) in [5, 5.41) is 0. The lowest BCUT2D eigenvalue weighted by atomic mass is 9.79. The molecule has 1 saturated heterocycles. The van der Waals surface area contributed by atoms with E-state index in [0.29, 0.717) is 18.4 Å². The zero-order valence-corrected chi connectivity index (χ0v) is 13.9. The van der Waals surface area contributed by atoms with Crippen LogP contribution in [0.1, 0.15) is 29.2 Å². The van der Waals surface area contributed by atoms with Crippen molar-refractivity contribution in [3.05, 3.63) is 33.5 Å². The molecule has 3 rings (SSSR count). The van der Waals surface area contributed by atoms with E-state index >= 15 is 0 Å². The van der Waals surface area contributed by atoms with Gasteiger partial charge in [-0.25, -0.2) is 0 Å². The fourth-order valence-corrected chi connectivity index (χ4v) is 5.02. The summed E-state index contributed by atoms with van der Waals surface area (Å²) in [4.78, 5) is 17.6. The number of likely N-dealkylation sites (tertiary alicyclic amines) is 1. The predicted octanol–water partition coefficient (Wildman–Crippen LogP) is 3.36. The van der Waals surface area contributed by atoms with Crippen molar-refractivity contribution in [2.24, 2.45) is 5.92 Å². The van der Waals surface area contributed by atoms with Crippen LogP contribution >= 0.6 is 22.9 Å². The monoisotopic (exact) mass is 324 g/mol. The van der Waals surface area contributed by atoms with Crippen molar-refractivity contribution in [1.82, 2.24) is 9.80 Å². The molecule has 2 aliphatic heterocycles. The van der Waals surface area contributed by atoms with Gasteiger partial charge in [0.2, 0.25) is 5.91 Å². The molecule has 114 valence electrons. The lowest BCUT2D eigenvalue weighted by molar-refractivity contribution is -0.127. The first kappa shape index (κ1) is 15.1. The number of hydrogen-bond acceptors (Lipinski definition) is 3. The molecule has 0 aromatic carbocycles. The van der Waals surface area contributed by atoms with Crippen molar-refractivity contribution in [3.63, 3.8) is 0 Å². The maximum absolute atomic E-state index is 12.0. The zero-order valence-electron chi connectivity index (χ0n) is 12.3. The summed E-state index contributed by atoms with van der Waals surface area (Å²) in [5.74, 6) is 1.04. The molecule has 1 aromatic rings.